The molecule has 0 bridgehead atoms. The van der Waals surface area contributed by atoms with Crippen LogP contribution < -0.4 is 10.2 Å². The fourth-order valence-corrected chi connectivity index (χ4v) is 2.12. The van der Waals surface area contributed by atoms with Gasteiger partial charge in [-0.25, -0.2) is 0 Å². The van der Waals surface area contributed by atoms with Gasteiger partial charge in [0.25, 0.3) is 0 Å². The fraction of sp³-hybridized carbons (Fsp3) is 0.556. The molecule has 0 unspecified atom stereocenters. The first-order valence-corrected chi connectivity index (χ1v) is 7.96. The molecule has 2 amide bonds. The molecule has 1 N–H and O–H groups in total. The number of hydrogen-bond acceptors (Lipinski definition) is 2. The van der Waals surface area contributed by atoms with Crippen molar-refractivity contribution >= 4 is 17.5 Å². The summed E-state index contributed by atoms with van der Waals surface area (Å²) in [4.78, 5) is 25.3. The molecular formula is C18H28N2O2. The molecule has 0 aliphatic rings. The molecule has 0 aliphatic carbocycles. The molecule has 1 aromatic rings. The van der Waals surface area contributed by atoms with Crippen LogP contribution in [0.2, 0.25) is 0 Å². The summed E-state index contributed by atoms with van der Waals surface area (Å²) < 4.78 is 0. The Bertz CT molecular complexity index is 492. The first-order chi connectivity index (χ1) is 10.3. The number of hydrogen-bond donors (Lipinski definition) is 1. The second-order valence-corrected chi connectivity index (χ2v) is 6.38. The molecule has 0 fully saturated rings. The van der Waals surface area contributed by atoms with Crippen molar-refractivity contribution in [2.75, 3.05) is 18.0 Å². The molecule has 4 nitrogen and oxygen atoms in total. The van der Waals surface area contributed by atoms with Gasteiger partial charge < -0.3 is 10.2 Å². The molecular weight excluding hydrogens is 276 g/mol. The number of nitrogens with zero attached hydrogens (tertiary/aromatic N) is 1. The van der Waals surface area contributed by atoms with Crippen molar-refractivity contribution in [1.29, 1.82) is 0 Å². The summed E-state index contributed by atoms with van der Waals surface area (Å²) in [5.74, 6) is 0.743. The van der Waals surface area contributed by atoms with Crippen LogP contribution in [0.15, 0.2) is 24.3 Å². The summed E-state index contributed by atoms with van der Waals surface area (Å²) in [5.41, 5.74) is 1.98. The molecule has 22 heavy (non-hydrogen) atoms. The molecule has 0 saturated heterocycles. The van der Waals surface area contributed by atoms with E-state index in [0.29, 0.717) is 18.4 Å². The number of anilines is 1. The Morgan fingerprint density at radius 2 is 1.68 bits per heavy atom. The molecule has 1 rings (SSSR count). The van der Waals surface area contributed by atoms with E-state index in [-0.39, 0.29) is 18.4 Å². The number of nitrogens with one attached hydrogen (secondary N) is 1. The standard InChI is InChI=1S/C18H28N2O2/c1-13(2)10-11-19-18(22)12-20(15(5)21)17-8-6-16(7-9-17)14(3)4/h6-9,13-14H,10-12H2,1-5H3,(H,19,22). The minimum absolute atomic E-state index is 0.0639. The SMILES string of the molecule is CC(=O)N(CC(=O)NCCC(C)C)c1ccc(C(C)C)cc1. The zero-order valence-corrected chi connectivity index (χ0v) is 14.3. The van der Waals surface area contributed by atoms with Gasteiger partial charge in [-0.2, -0.15) is 0 Å². The Kier molecular flexibility index (Phi) is 7.09. The number of carbonyl (C=O) groups is 2. The summed E-state index contributed by atoms with van der Waals surface area (Å²) in [6.07, 6.45) is 0.939. The molecule has 0 heterocycles. The Labute approximate surface area is 133 Å². The predicted octanol–water partition coefficient (Wildman–Crippen LogP) is 3.33. The zero-order chi connectivity index (χ0) is 16.7. The topological polar surface area (TPSA) is 49.4 Å². The molecule has 0 atom stereocenters. The number of rotatable bonds is 7. The second-order valence-electron chi connectivity index (χ2n) is 6.38. The van der Waals surface area contributed by atoms with Gasteiger partial charge in [0.15, 0.2) is 0 Å². The highest BCUT2D eigenvalue weighted by molar-refractivity contribution is 5.97. The second kappa shape index (κ2) is 8.57. The van der Waals surface area contributed by atoms with E-state index in [4.69, 9.17) is 0 Å². The third-order valence-corrected chi connectivity index (χ3v) is 3.60. The fourth-order valence-electron chi connectivity index (χ4n) is 2.12. The van der Waals surface area contributed by atoms with Crippen molar-refractivity contribution in [3.05, 3.63) is 29.8 Å². The van der Waals surface area contributed by atoms with Gasteiger partial charge in [-0.05, 0) is 36.0 Å². The average Bonchev–Trinajstić information content (AvgIpc) is 2.44. The first-order valence-electron chi connectivity index (χ1n) is 7.96. The summed E-state index contributed by atoms with van der Waals surface area (Å²) in [7, 11) is 0. The Balaban J connectivity index is 2.69. The molecule has 0 radical (unpaired) electrons. The van der Waals surface area contributed by atoms with Gasteiger partial charge >= 0.3 is 0 Å². The Morgan fingerprint density at radius 3 is 2.14 bits per heavy atom. The minimum Gasteiger partial charge on any atom is -0.355 e. The van der Waals surface area contributed by atoms with E-state index in [2.05, 4.69) is 33.0 Å². The Hall–Kier alpha value is -1.84. The smallest absolute Gasteiger partial charge is 0.240 e. The van der Waals surface area contributed by atoms with Gasteiger partial charge in [-0.1, -0.05) is 39.8 Å². The lowest BCUT2D eigenvalue weighted by atomic mass is 10.0. The van der Waals surface area contributed by atoms with Crippen LogP contribution in [0.1, 0.15) is 52.5 Å². The van der Waals surface area contributed by atoms with Crippen molar-refractivity contribution in [2.24, 2.45) is 5.92 Å². The highest BCUT2D eigenvalue weighted by atomic mass is 16.2. The molecule has 122 valence electrons. The maximum absolute atomic E-state index is 12.0. The van der Waals surface area contributed by atoms with Crippen LogP contribution in [0.5, 0.6) is 0 Å². The predicted molar refractivity (Wildman–Crippen MR) is 91.0 cm³/mol. The number of benzene rings is 1. The Morgan fingerprint density at radius 1 is 1.09 bits per heavy atom. The van der Waals surface area contributed by atoms with Crippen LogP contribution in [0.3, 0.4) is 0 Å². The highest BCUT2D eigenvalue weighted by Crippen LogP contribution is 2.20. The molecule has 0 aromatic heterocycles. The minimum atomic E-state index is -0.128. The van der Waals surface area contributed by atoms with Crippen LogP contribution in [-0.4, -0.2) is 24.9 Å². The van der Waals surface area contributed by atoms with Gasteiger partial charge in [0, 0.05) is 19.2 Å². The van der Waals surface area contributed by atoms with E-state index in [1.165, 1.54) is 17.4 Å². The highest BCUT2D eigenvalue weighted by Gasteiger charge is 2.15. The van der Waals surface area contributed by atoms with Crippen LogP contribution in [0, 0.1) is 5.92 Å². The quantitative estimate of drug-likeness (QED) is 0.840. The van der Waals surface area contributed by atoms with E-state index in [9.17, 15) is 9.59 Å². The van der Waals surface area contributed by atoms with Crippen molar-refractivity contribution in [2.45, 2.75) is 47.0 Å². The molecule has 1 aromatic carbocycles. The van der Waals surface area contributed by atoms with Gasteiger partial charge in [0.1, 0.15) is 6.54 Å². The molecule has 0 aliphatic heterocycles. The molecule has 4 heteroatoms. The summed E-state index contributed by atoms with van der Waals surface area (Å²) >= 11 is 0. The molecule has 0 spiro atoms. The summed E-state index contributed by atoms with van der Waals surface area (Å²) in [6, 6.07) is 7.81. The van der Waals surface area contributed by atoms with Crippen LogP contribution in [0.4, 0.5) is 5.69 Å². The normalized spacial score (nSPS) is 10.9. The van der Waals surface area contributed by atoms with Crippen molar-refractivity contribution < 1.29 is 9.59 Å². The zero-order valence-electron chi connectivity index (χ0n) is 14.3. The third kappa shape index (κ3) is 5.88. The van der Waals surface area contributed by atoms with Gasteiger partial charge in [-0.15, -0.1) is 0 Å². The largest absolute Gasteiger partial charge is 0.355 e. The van der Waals surface area contributed by atoms with E-state index < -0.39 is 0 Å². The lowest BCUT2D eigenvalue weighted by Crippen LogP contribution is -2.40. The lowest BCUT2D eigenvalue weighted by molar-refractivity contribution is -0.123. The van der Waals surface area contributed by atoms with Crippen LogP contribution >= 0.6 is 0 Å². The maximum Gasteiger partial charge on any atom is 0.240 e. The summed E-state index contributed by atoms with van der Waals surface area (Å²) in [6.45, 7) is 10.7. The summed E-state index contributed by atoms with van der Waals surface area (Å²) in [5, 5.41) is 2.87. The lowest BCUT2D eigenvalue weighted by Gasteiger charge is -2.21. The number of amides is 2. The van der Waals surface area contributed by atoms with Gasteiger partial charge in [0.2, 0.25) is 11.8 Å². The number of carbonyl (C=O) groups excluding carboxylic acids is 2. The van der Waals surface area contributed by atoms with E-state index in [1.807, 2.05) is 24.3 Å². The first kappa shape index (κ1) is 18.2. The average molecular weight is 304 g/mol. The maximum atomic E-state index is 12.0. The monoisotopic (exact) mass is 304 g/mol. The molecule has 0 saturated carbocycles. The van der Waals surface area contributed by atoms with E-state index in [1.54, 1.807) is 0 Å². The van der Waals surface area contributed by atoms with Crippen molar-refractivity contribution in [1.82, 2.24) is 5.32 Å². The van der Waals surface area contributed by atoms with Crippen molar-refractivity contribution in [3.63, 3.8) is 0 Å². The van der Waals surface area contributed by atoms with E-state index >= 15 is 0 Å². The van der Waals surface area contributed by atoms with Crippen LogP contribution in [0.25, 0.3) is 0 Å². The third-order valence-electron chi connectivity index (χ3n) is 3.60. The van der Waals surface area contributed by atoms with Crippen LogP contribution in [-0.2, 0) is 9.59 Å². The van der Waals surface area contributed by atoms with Gasteiger partial charge in [0.05, 0.1) is 0 Å². The van der Waals surface area contributed by atoms with Gasteiger partial charge in [-0.3, -0.25) is 9.59 Å². The van der Waals surface area contributed by atoms with Crippen molar-refractivity contribution in [3.8, 4) is 0 Å². The van der Waals surface area contributed by atoms with E-state index in [0.717, 1.165) is 12.1 Å².